The predicted molar refractivity (Wildman–Crippen MR) is 77.6 cm³/mol. The van der Waals surface area contributed by atoms with E-state index in [1.807, 2.05) is 13.8 Å². The van der Waals surface area contributed by atoms with Gasteiger partial charge in [-0.05, 0) is 44.5 Å². The first kappa shape index (κ1) is 14.8. The molecule has 0 radical (unpaired) electrons. The van der Waals surface area contributed by atoms with Gasteiger partial charge in [0.05, 0.1) is 17.3 Å². The molecule has 0 aliphatic rings. The Morgan fingerprint density at radius 3 is 2.67 bits per heavy atom. The van der Waals surface area contributed by atoms with Gasteiger partial charge < -0.3 is 4.74 Å². The molecule has 0 aliphatic carbocycles. The van der Waals surface area contributed by atoms with Gasteiger partial charge in [0.1, 0.15) is 11.8 Å². The maximum absolute atomic E-state index is 12.2. The number of nitriles is 1. The van der Waals surface area contributed by atoms with Gasteiger partial charge in [-0.1, -0.05) is 12.1 Å². The third kappa shape index (κ3) is 3.29. The van der Waals surface area contributed by atoms with E-state index in [0.29, 0.717) is 17.8 Å². The van der Waals surface area contributed by atoms with E-state index in [0.717, 1.165) is 11.3 Å². The largest absolute Gasteiger partial charge is 0.453 e. The highest BCUT2D eigenvalue weighted by Gasteiger charge is 2.18. The smallest absolute Gasteiger partial charge is 0.357 e. The van der Waals surface area contributed by atoms with E-state index < -0.39 is 5.97 Å². The summed E-state index contributed by atoms with van der Waals surface area (Å²) < 4.78 is 7.10. The van der Waals surface area contributed by atoms with E-state index in [4.69, 9.17) is 10.00 Å². The zero-order chi connectivity index (χ0) is 15.4. The highest BCUT2D eigenvalue weighted by atomic mass is 16.5. The Morgan fingerprint density at radius 2 is 2.10 bits per heavy atom. The van der Waals surface area contributed by atoms with Crippen LogP contribution >= 0.6 is 0 Å². The lowest BCUT2D eigenvalue weighted by molar-refractivity contribution is 0.0323. The minimum Gasteiger partial charge on any atom is -0.453 e. The van der Waals surface area contributed by atoms with Crippen LogP contribution in [0.15, 0.2) is 30.3 Å². The maximum atomic E-state index is 12.2. The molecule has 0 saturated carbocycles. The van der Waals surface area contributed by atoms with Gasteiger partial charge in [-0.15, -0.1) is 0 Å². The van der Waals surface area contributed by atoms with Crippen molar-refractivity contribution in [2.75, 3.05) is 0 Å². The molecule has 0 bridgehead atoms. The van der Waals surface area contributed by atoms with E-state index in [2.05, 4.69) is 11.2 Å². The lowest BCUT2D eigenvalue weighted by Gasteiger charge is -2.14. The first-order valence-corrected chi connectivity index (χ1v) is 6.80. The molecule has 0 saturated heterocycles. The van der Waals surface area contributed by atoms with Crippen LogP contribution in [0.2, 0.25) is 0 Å². The summed E-state index contributed by atoms with van der Waals surface area (Å²) >= 11 is 0. The number of aryl methyl sites for hydroxylation is 2. The molecular weight excluding hydrogens is 266 g/mol. The molecule has 0 amide bonds. The van der Waals surface area contributed by atoms with Gasteiger partial charge in [0.2, 0.25) is 0 Å². The second-order valence-electron chi connectivity index (χ2n) is 4.77. The van der Waals surface area contributed by atoms with Crippen LogP contribution < -0.4 is 0 Å². The van der Waals surface area contributed by atoms with E-state index >= 15 is 0 Å². The molecule has 1 atom stereocenters. The molecule has 21 heavy (non-hydrogen) atoms. The van der Waals surface area contributed by atoms with Crippen LogP contribution in [0, 0.1) is 18.3 Å². The summed E-state index contributed by atoms with van der Waals surface area (Å²) in [6.07, 6.45) is -0.384. The minimum absolute atomic E-state index is 0.384. The zero-order valence-electron chi connectivity index (χ0n) is 12.3. The van der Waals surface area contributed by atoms with Crippen molar-refractivity contribution < 1.29 is 9.53 Å². The van der Waals surface area contributed by atoms with Crippen molar-refractivity contribution >= 4 is 5.97 Å². The monoisotopic (exact) mass is 283 g/mol. The van der Waals surface area contributed by atoms with Crippen molar-refractivity contribution in [3.05, 3.63) is 52.8 Å². The van der Waals surface area contributed by atoms with Crippen molar-refractivity contribution in [1.29, 1.82) is 5.26 Å². The Balaban J connectivity index is 2.12. The topological polar surface area (TPSA) is 67.9 Å². The number of rotatable bonds is 4. The van der Waals surface area contributed by atoms with E-state index in [1.165, 1.54) is 0 Å². The standard InChI is InChI=1S/C16H17N3O2/c1-4-19-15(9-11(2)18-19)16(20)21-12(3)14-7-5-13(10-17)6-8-14/h5-9,12H,4H2,1-3H3. The third-order valence-electron chi connectivity index (χ3n) is 3.20. The number of aromatic nitrogens is 2. The maximum Gasteiger partial charge on any atom is 0.357 e. The summed E-state index contributed by atoms with van der Waals surface area (Å²) in [5, 5.41) is 13.0. The van der Waals surface area contributed by atoms with Gasteiger partial charge in [-0.2, -0.15) is 10.4 Å². The molecule has 0 N–H and O–H groups in total. The summed E-state index contributed by atoms with van der Waals surface area (Å²) in [4.78, 5) is 12.2. The fraction of sp³-hybridized carbons (Fsp3) is 0.312. The summed E-state index contributed by atoms with van der Waals surface area (Å²) in [5.41, 5.74) is 2.67. The fourth-order valence-corrected chi connectivity index (χ4v) is 2.07. The molecular formula is C16H17N3O2. The fourth-order valence-electron chi connectivity index (χ4n) is 2.07. The van der Waals surface area contributed by atoms with Gasteiger partial charge in [0, 0.05) is 6.54 Å². The van der Waals surface area contributed by atoms with Crippen molar-refractivity contribution in [3.8, 4) is 6.07 Å². The Hall–Kier alpha value is -2.61. The molecule has 1 aromatic carbocycles. The van der Waals surface area contributed by atoms with E-state index in [1.54, 1.807) is 41.9 Å². The summed E-state index contributed by atoms with van der Waals surface area (Å²) in [5.74, 6) is -0.394. The SMILES string of the molecule is CCn1nc(C)cc1C(=O)OC(C)c1ccc(C#N)cc1. The van der Waals surface area contributed by atoms with Gasteiger partial charge in [-0.25, -0.2) is 4.79 Å². The molecule has 0 fully saturated rings. The first-order chi connectivity index (χ1) is 10.0. The Morgan fingerprint density at radius 1 is 1.43 bits per heavy atom. The quantitative estimate of drug-likeness (QED) is 0.809. The molecule has 1 heterocycles. The minimum atomic E-state index is -0.394. The van der Waals surface area contributed by atoms with Crippen LogP contribution in [-0.2, 0) is 11.3 Å². The molecule has 5 nitrogen and oxygen atoms in total. The summed E-state index contributed by atoms with van der Waals surface area (Å²) in [6.45, 7) is 6.18. The normalized spacial score (nSPS) is 11.7. The predicted octanol–water partition coefficient (Wildman–Crippen LogP) is 3.00. The highest BCUT2D eigenvalue weighted by molar-refractivity contribution is 5.87. The van der Waals surface area contributed by atoms with Crippen molar-refractivity contribution in [2.45, 2.75) is 33.4 Å². The molecule has 2 rings (SSSR count). The lowest BCUT2D eigenvalue weighted by atomic mass is 10.1. The highest BCUT2D eigenvalue weighted by Crippen LogP contribution is 2.19. The number of ether oxygens (including phenoxy) is 1. The number of hydrogen-bond acceptors (Lipinski definition) is 4. The number of benzene rings is 1. The Bertz CT molecular complexity index is 681. The van der Waals surface area contributed by atoms with E-state index in [-0.39, 0.29) is 6.10 Å². The number of carbonyl (C=O) groups excluding carboxylic acids is 1. The van der Waals surface area contributed by atoms with Gasteiger partial charge in [-0.3, -0.25) is 4.68 Å². The van der Waals surface area contributed by atoms with Crippen molar-refractivity contribution in [2.24, 2.45) is 0 Å². The average Bonchev–Trinajstić information content (AvgIpc) is 2.88. The molecule has 2 aromatic rings. The lowest BCUT2D eigenvalue weighted by Crippen LogP contribution is -2.14. The van der Waals surface area contributed by atoms with Crippen molar-refractivity contribution in [3.63, 3.8) is 0 Å². The van der Waals surface area contributed by atoms with Crippen LogP contribution in [0.5, 0.6) is 0 Å². The van der Waals surface area contributed by atoms with E-state index in [9.17, 15) is 4.79 Å². The molecule has 1 aromatic heterocycles. The van der Waals surface area contributed by atoms with Crippen LogP contribution in [0.1, 0.15) is 47.3 Å². The third-order valence-corrected chi connectivity index (χ3v) is 3.20. The molecule has 1 unspecified atom stereocenters. The number of carbonyl (C=O) groups is 1. The van der Waals surface area contributed by atoms with Gasteiger partial charge in [0.25, 0.3) is 0 Å². The molecule has 0 aliphatic heterocycles. The molecule has 5 heteroatoms. The van der Waals surface area contributed by atoms with Crippen LogP contribution in [0.25, 0.3) is 0 Å². The second kappa shape index (κ2) is 6.23. The average molecular weight is 283 g/mol. The number of hydrogen-bond donors (Lipinski definition) is 0. The van der Waals surface area contributed by atoms with Crippen LogP contribution in [-0.4, -0.2) is 15.7 Å². The Labute approximate surface area is 123 Å². The zero-order valence-corrected chi connectivity index (χ0v) is 12.3. The molecule has 108 valence electrons. The van der Waals surface area contributed by atoms with Crippen LogP contribution in [0.3, 0.4) is 0 Å². The summed E-state index contributed by atoms with van der Waals surface area (Å²) in [7, 11) is 0. The number of esters is 1. The second-order valence-corrected chi connectivity index (χ2v) is 4.77. The van der Waals surface area contributed by atoms with Crippen LogP contribution in [0.4, 0.5) is 0 Å². The van der Waals surface area contributed by atoms with Gasteiger partial charge >= 0.3 is 5.97 Å². The van der Waals surface area contributed by atoms with Gasteiger partial charge in [0.15, 0.2) is 0 Å². The summed E-state index contributed by atoms with van der Waals surface area (Å²) in [6, 6.07) is 10.8. The van der Waals surface area contributed by atoms with Crippen molar-refractivity contribution in [1.82, 2.24) is 9.78 Å². The number of nitrogens with zero attached hydrogens (tertiary/aromatic N) is 3. The first-order valence-electron chi connectivity index (χ1n) is 6.80. The Kier molecular flexibility index (Phi) is 4.39. The molecule has 0 spiro atoms.